The van der Waals surface area contributed by atoms with Gasteiger partial charge in [0, 0.05) is 30.0 Å². The van der Waals surface area contributed by atoms with Crippen LogP contribution in [0.4, 0.5) is 0 Å². The fourth-order valence-electron chi connectivity index (χ4n) is 4.01. The van der Waals surface area contributed by atoms with Gasteiger partial charge in [-0.05, 0) is 51.4 Å². The summed E-state index contributed by atoms with van der Waals surface area (Å²) in [5.74, 6) is 0. The van der Waals surface area contributed by atoms with Gasteiger partial charge in [-0.1, -0.05) is 79.2 Å². The molecule has 4 heteroatoms. The average molecular weight is 441 g/mol. The zero-order valence-corrected chi connectivity index (χ0v) is 19.6. The first-order chi connectivity index (χ1) is 15.3. The summed E-state index contributed by atoms with van der Waals surface area (Å²) < 4.78 is 25.3. The van der Waals surface area contributed by atoms with Crippen molar-refractivity contribution >= 4 is 17.8 Å². The number of hydrogen-bond donors (Lipinski definition) is 0. The Morgan fingerprint density at radius 3 is 2.10 bits per heavy atom. The fourth-order valence-corrected chi connectivity index (χ4v) is 6.76. The van der Waals surface area contributed by atoms with Gasteiger partial charge in [0.15, 0.2) is 6.29 Å². The summed E-state index contributed by atoms with van der Waals surface area (Å²) in [5, 5.41) is 1.93. The van der Waals surface area contributed by atoms with E-state index in [9.17, 15) is 4.57 Å². The molecule has 1 fully saturated rings. The van der Waals surface area contributed by atoms with E-state index in [1.165, 1.54) is 25.7 Å². The number of rotatable bonds is 13. The van der Waals surface area contributed by atoms with Gasteiger partial charge in [-0.15, -0.1) is 0 Å². The molecule has 0 spiro atoms. The van der Waals surface area contributed by atoms with Crippen LogP contribution in [0.2, 0.25) is 0 Å². The zero-order valence-electron chi connectivity index (χ0n) is 18.7. The molecule has 1 aliphatic heterocycles. The highest BCUT2D eigenvalue weighted by Gasteiger charge is 2.26. The number of allylic oxidation sites excluding steroid dienone is 2. The Morgan fingerprint density at radius 1 is 0.839 bits per heavy atom. The SMILES string of the molecule is O=P(CCC/C=C\CCCCCOC1CCCCO1)(c1ccccc1)c1ccccc1. The van der Waals surface area contributed by atoms with Crippen LogP contribution < -0.4 is 10.6 Å². The lowest BCUT2D eigenvalue weighted by Gasteiger charge is -2.22. The van der Waals surface area contributed by atoms with Crippen molar-refractivity contribution in [2.45, 2.75) is 64.1 Å². The van der Waals surface area contributed by atoms with Gasteiger partial charge in [-0.2, -0.15) is 0 Å². The smallest absolute Gasteiger partial charge is 0.157 e. The molecule has 0 amide bonds. The van der Waals surface area contributed by atoms with Crippen molar-refractivity contribution in [3.05, 3.63) is 72.8 Å². The third-order valence-corrected chi connectivity index (χ3v) is 9.02. The molecular weight excluding hydrogens is 403 g/mol. The molecule has 0 bridgehead atoms. The Kier molecular flexibility index (Phi) is 10.6. The maximum Gasteiger partial charge on any atom is 0.157 e. The van der Waals surface area contributed by atoms with Crippen molar-refractivity contribution in [3.8, 4) is 0 Å². The lowest BCUT2D eigenvalue weighted by molar-refractivity contribution is -0.162. The van der Waals surface area contributed by atoms with Gasteiger partial charge in [0.05, 0.1) is 0 Å². The number of benzene rings is 2. The van der Waals surface area contributed by atoms with Gasteiger partial charge in [0.1, 0.15) is 7.14 Å². The van der Waals surface area contributed by atoms with Crippen molar-refractivity contribution in [3.63, 3.8) is 0 Å². The molecule has 168 valence electrons. The van der Waals surface area contributed by atoms with E-state index >= 15 is 0 Å². The first-order valence-electron chi connectivity index (χ1n) is 11.9. The van der Waals surface area contributed by atoms with Gasteiger partial charge in [0.2, 0.25) is 0 Å². The molecule has 0 radical (unpaired) electrons. The lowest BCUT2D eigenvalue weighted by Crippen LogP contribution is -2.22. The molecule has 2 aromatic carbocycles. The Hall–Kier alpha value is -1.67. The van der Waals surface area contributed by atoms with E-state index < -0.39 is 7.14 Å². The summed E-state index contributed by atoms with van der Waals surface area (Å²) in [6.45, 7) is 1.66. The van der Waals surface area contributed by atoms with Crippen LogP contribution in [0, 0.1) is 0 Å². The lowest BCUT2D eigenvalue weighted by atomic mass is 10.2. The van der Waals surface area contributed by atoms with E-state index in [1.54, 1.807) is 0 Å². The number of unbranched alkanes of at least 4 members (excludes halogenated alkanes) is 4. The van der Waals surface area contributed by atoms with Crippen molar-refractivity contribution in [2.75, 3.05) is 19.4 Å². The second-order valence-electron chi connectivity index (χ2n) is 8.26. The fraction of sp³-hybridized carbons (Fsp3) is 0.481. The summed E-state index contributed by atoms with van der Waals surface area (Å²) in [4.78, 5) is 0. The molecule has 0 N–H and O–H groups in total. The van der Waals surface area contributed by atoms with E-state index in [0.29, 0.717) is 6.16 Å². The zero-order chi connectivity index (χ0) is 21.6. The minimum absolute atomic E-state index is 0.0383. The standard InChI is InChI=1S/C27H37O3P/c28-31(25-17-9-7-10-18-25,26-19-11-8-12-20-26)24-16-6-4-2-1-3-5-14-22-29-27-21-13-15-23-30-27/h2,4,7-12,17-20,27H,1,3,5-6,13-16,21-24H2/b4-2-. The molecule has 1 saturated heterocycles. The molecule has 31 heavy (non-hydrogen) atoms. The molecule has 3 nitrogen and oxygen atoms in total. The van der Waals surface area contributed by atoms with Gasteiger partial charge >= 0.3 is 0 Å². The van der Waals surface area contributed by atoms with Gasteiger partial charge in [-0.25, -0.2) is 0 Å². The predicted molar refractivity (Wildman–Crippen MR) is 131 cm³/mol. The highest BCUT2D eigenvalue weighted by Crippen LogP contribution is 2.44. The van der Waals surface area contributed by atoms with Crippen LogP contribution >= 0.6 is 7.14 Å². The van der Waals surface area contributed by atoms with Crippen molar-refractivity contribution < 1.29 is 14.0 Å². The second-order valence-corrected chi connectivity index (χ2v) is 11.2. The Morgan fingerprint density at radius 2 is 1.48 bits per heavy atom. The maximum atomic E-state index is 13.9. The molecule has 0 aromatic heterocycles. The predicted octanol–water partition coefficient (Wildman–Crippen LogP) is 6.44. The van der Waals surface area contributed by atoms with Crippen LogP contribution in [-0.4, -0.2) is 25.7 Å². The van der Waals surface area contributed by atoms with E-state index in [1.807, 2.05) is 60.7 Å². The van der Waals surface area contributed by atoms with E-state index in [2.05, 4.69) is 12.2 Å². The summed E-state index contributed by atoms with van der Waals surface area (Å²) >= 11 is 0. The van der Waals surface area contributed by atoms with Crippen molar-refractivity contribution in [1.29, 1.82) is 0 Å². The van der Waals surface area contributed by atoms with Crippen LogP contribution in [0.5, 0.6) is 0 Å². The number of ether oxygens (including phenoxy) is 2. The Labute approximate surface area is 188 Å². The summed E-state index contributed by atoms with van der Waals surface area (Å²) in [5.41, 5.74) is 0. The molecule has 1 aliphatic rings. The van der Waals surface area contributed by atoms with Crippen molar-refractivity contribution in [1.82, 2.24) is 0 Å². The van der Waals surface area contributed by atoms with Crippen LogP contribution in [0.25, 0.3) is 0 Å². The minimum Gasteiger partial charge on any atom is -0.353 e. The Bertz CT molecular complexity index is 754. The third-order valence-electron chi connectivity index (χ3n) is 5.81. The van der Waals surface area contributed by atoms with Crippen LogP contribution in [-0.2, 0) is 14.0 Å². The first-order valence-corrected chi connectivity index (χ1v) is 13.8. The molecule has 1 unspecified atom stereocenters. The van der Waals surface area contributed by atoms with Crippen LogP contribution in [0.1, 0.15) is 57.8 Å². The molecule has 1 heterocycles. The molecule has 3 rings (SSSR count). The monoisotopic (exact) mass is 440 g/mol. The van der Waals surface area contributed by atoms with Crippen LogP contribution in [0.15, 0.2) is 72.8 Å². The minimum atomic E-state index is -2.57. The third kappa shape index (κ3) is 8.07. The maximum absolute atomic E-state index is 13.9. The van der Waals surface area contributed by atoms with E-state index in [-0.39, 0.29) is 6.29 Å². The highest BCUT2D eigenvalue weighted by atomic mass is 31.2. The van der Waals surface area contributed by atoms with E-state index in [0.717, 1.165) is 55.9 Å². The Balaban J connectivity index is 1.33. The largest absolute Gasteiger partial charge is 0.353 e. The first kappa shape index (κ1) is 24.0. The normalized spacial score (nSPS) is 17.2. The summed E-state index contributed by atoms with van der Waals surface area (Å²) in [6, 6.07) is 19.9. The quantitative estimate of drug-likeness (QED) is 0.204. The summed E-state index contributed by atoms with van der Waals surface area (Å²) in [6.07, 6.45) is 15.2. The van der Waals surface area contributed by atoms with E-state index in [4.69, 9.17) is 9.47 Å². The molecule has 2 aromatic rings. The molecular formula is C27H37O3P. The number of hydrogen-bond acceptors (Lipinski definition) is 3. The summed E-state index contributed by atoms with van der Waals surface area (Å²) in [7, 11) is -2.57. The molecule has 0 saturated carbocycles. The average Bonchev–Trinajstić information content (AvgIpc) is 2.84. The van der Waals surface area contributed by atoms with Crippen LogP contribution in [0.3, 0.4) is 0 Å². The highest BCUT2D eigenvalue weighted by molar-refractivity contribution is 7.78. The van der Waals surface area contributed by atoms with Gasteiger partial charge in [0.25, 0.3) is 0 Å². The van der Waals surface area contributed by atoms with Gasteiger partial charge in [-0.3, -0.25) is 0 Å². The second kappa shape index (κ2) is 13.7. The molecule has 0 aliphatic carbocycles. The van der Waals surface area contributed by atoms with Crippen molar-refractivity contribution in [2.24, 2.45) is 0 Å². The topological polar surface area (TPSA) is 35.5 Å². The van der Waals surface area contributed by atoms with Gasteiger partial charge < -0.3 is 14.0 Å². The molecule has 1 atom stereocenters.